The van der Waals surface area contributed by atoms with Gasteiger partial charge in [0.2, 0.25) is 0 Å². The minimum atomic E-state index is 0.628. The molecule has 3 rings (SSSR count). The highest BCUT2D eigenvalue weighted by Crippen LogP contribution is 2.28. The summed E-state index contributed by atoms with van der Waals surface area (Å²) in [6, 6.07) is 6.14. The van der Waals surface area contributed by atoms with E-state index >= 15 is 0 Å². The van der Waals surface area contributed by atoms with Gasteiger partial charge in [-0.15, -0.1) is 10.2 Å². The van der Waals surface area contributed by atoms with Gasteiger partial charge in [-0.25, -0.2) is 0 Å². The molecule has 2 N–H and O–H groups in total. The van der Waals surface area contributed by atoms with Crippen LogP contribution in [0.1, 0.15) is 56.2 Å². The molecule has 1 aliphatic heterocycles. The van der Waals surface area contributed by atoms with E-state index in [2.05, 4.69) is 42.5 Å². The van der Waals surface area contributed by atoms with Crippen molar-refractivity contribution in [3.63, 3.8) is 0 Å². The van der Waals surface area contributed by atoms with Crippen LogP contribution in [0.2, 0.25) is 0 Å². The second-order valence-corrected chi connectivity index (χ2v) is 8.05. The lowest BCUT2D eigenvalue weighted by Gasteiger charge is -2.13. The Bertz CT molecular complexity index is 864. The van der Waals surface area contributed by atoms with Crippen molar-refractivity contribution >= 4 is 5.96 Å². The number of aromatic nitrogens is 3. The van der Waals surface area contributed by atoms with Crippen LogP contribution in [-0.2, 0) is 25.8 Å². The van der Waals surface area contributed by atoms with Crippen LogP contribution in [0.25, 0.3) is 0 Å². The van der Waals surface area contributed by atoms with E-state index in [-0.39, 0.29) is 0 Å². The van der Waals surface area contributed by atoms with Gasteiger partial charge in [0.15, 0.2) is 17.5 Å². The third-order valence-corrected chi connectivity index (χ3v) is 5.74. The molecule has 32 heavy (non-hydrogen) atoms. The smallest absolute Gasteiger partial charge is 0.190 e. The molecule has 0 atom stereocenters. The van der Waals surface area contributed by atoms with Gasteiger partial charge in [0.05, 0.1) is 13.7 Å². The average molecular weight is 443 g/mol. The van der Waals surface area contributed by atoms with Gasteiger partial charge in [0, 0.05) is 39.5 Å². The molecule has 1 aliphatic rings. The first-order valence-corrected chi connectivity index (χ1v) is 11.9. The maximum atomic E-state index is 5.67. The topological polar surface area (TPSA) is 85.6 Å². The predicted molar refractivity (Wildman–Crippen MR) is 128 cm³/mol. The Labute approximate surface area is 191 Å². The van der Waals surface area contributed by atoms with Crippen LogP contribution in [0.4, 0.5) is 0 Å². The van der Waals surface area contributed by atoms with E-state index in [1.165, 1.54) is 24.8 Å². The van der Waals surface area contributed by atoms with Crippen LogP contribution in [-0.4, -0.2) is 54.6 Å². The number of ether oxygens (including phenoxy) is 2. The molecule has 1 aromatic heterocycles. The van der Waals surface area contributed by atoms with Gasteiger partial charge < -0.3 is 24.7 Å². The number of nitrogens with zero attached hydrogens (tertiary/aromatic N) is 4. The molecule has 0 fully saturated rings. The highest BCUT2D eigenvalue weighted by atomic mass is 16.5. The number of rotatable bonds is 11. The van der Waals surface area contributed by atoms with Crippen LogP contribution in [0.15, 0.2) is 23.2 Å². The summed E-state index contributed by atoms with van der Waals surface area (Å²) in [7, 11) is 3.48. The summed E-state index contributed by atoms with van der Waals surface area (Å²) in [6.45, 7) is 5.39. The molecule has 2 aromatic rings. The SMILES string of the molecule is CCOc1cc(CCCNC(=NC)NCCCc2nnc3n2CCCCC3)ccc1OC. The fraction of sp³-hybridized carbons (Fsp3) is 0.625. The first-order valence-electron chi connectivity index (χ1n) is 11.9. The Balaban J connectivity index is 1.35. The van der Waals surface area contributed by atoms with Gasteiger partial charge in [-0.1, -0.05) is 12.5 Å². The minimum absolute atomic E-state index is 0.628. The van der Waals surface area contributed by atoms with Crippen LogP contribution < -0.4 is 20.1 Å². The van der Waals surface area contributed by atoms with Crippen molar-refractivity contribution in [3.8, 4) is 11.5 Å². The number of nitrogens with one attached hydrogen (secondary N) is 2. The summed E-state index contributed by atoms with van der Waals surface area (Å²) < 4.78 is 13.4. The Kier molecular flexibility index (Phi) is 9.65. The number of aliphatic imine (C=N–C) groups is 1. The van der Waals surface area contributed by atoms with E-state index < -0.39 is 0 Å². The van der Waals surface area contributed by atoms with Gasteiger partial charge in [0.25, 0.3) is 0 Å². The van der Waals surface area contributed by atoms with Crippen molar-refractivity contribution in [2.75, 3.05) is 33.9 Å². The number of aryl methyl sites for hydroxylation is 3. The Morgan fingerprint density at radius 2 is 1.88 bits per heavy atom. The maximum absolute atomic E-state index is 5.67. The average Bonchev–Trinajstić information content (AvgIpc) is 3.04. The van der Waals surface area contributed by atoms with E-state index in [0.717, 1.165) is 80.8 Å². The molecule has 0 saturated carbocycles. The predicted octanol–water partition coefficient (Wildman–Crippen LogP) is 3.14. The summed E-state index contributed by atoms with van der Waals surface area (Å²) in [6.07, 6.45) is 8.73. The first-order chi connectivity index (χ1) is 15.7. The van der Waals surface area contributed by atoms with Crippen molar-refractivity contribution in [1.29, 1.82) is 0 Å². The summed E-state index contributed by atoms with van der Waals surface area (Å²) in [4.78, 5) is 4.34. The molecule has 0 amide bonds. The molecule has 0 saturated heterocycles. The lowest BCUT2D eigenvalue weighted by molar-refractivity contribution is 0.310. The Morgan fingerprint density at radius 1 is 1.06 bits per heavy atom. The lowest BCUT2D eigenvalue weighted by atomic mass is 10.1. The summed E-state index contributed by atoms with van der Waals surface area (Å²) in [5.74, 6) is 4.71. The lowest BCUT2D eigenvalue weighted by Crippen LogP contribution is -2.38. The molecule has 0 spiro atoms. The molecule has 0 radical (unpaired) electrons. The molecule has 0 unspecified atom stereocenters. The van der Waals surface area contributed by atoms with Crippen molar-refractivity contribution in [2.45, 2.75) is 64.8 Å². The normalized spacial score (nSPS) is 13.9. The standard InChI is InChI=1S/C24H38N6O2/c1-4-32-21-18-19(13-14-20(21)31-3)10-8-15-26-24(25-2)27-16-9-12-23-29-28-22-11-6-5-7-17-30(22)23/h13-14,18H,4-12,15-17H2,1-3H3,(H2,25,26,27). The second kappa shape index (κ2) is 12.9. The van der Waals surface area contributed by atoms with E-state index in [0.29, 0.717) is 6.61 Å². The molecular weight excluding hydrogens is 404 g/mol. The van der Waals surface area contributed by atoms with Crippen molar-refractivity contribution in [1.82, 2.24) is 25.4 Å². The largest absolute Gasteiger partial charge is 0.493 e. The number of hydrogen-bond donors (Lipinski definition) is 2. The number of hydrogen-bond acceptors (Lipinski definition) is 5. The van der Waals surface area contributed by atoms with Gasteiger partial charge in [-0.2, -0.15) is 0 Å². The number of benzene rings is 1. The van der Waals surface area contributed by atoms with Crippen molar-refractivity contribution in [3.05, 3.63) is 35.4 Å². The van der Waals surface area contributed by atoms with E-state index in [4.69, 9.17) is 9.47 Å². The molecular formula is C24H38N6O2. The van der Waals surface area contributed by atoms with E-state index in [9.17, 15) is 0 Å². The third kappa shape index (κ3) is 6.87. The van der Waals surface area contributed by atoms with Gasteiger partial charge in [-0.3, -0.25) is 4.99 Å². The molecule has 1 aromatic carbocycles. The summed E-state index contributed by atoms with van der Waals surface area (Å²) in [5.41, 5.74) is 1.24. The zero-order valence-corrected chi connectivity index (χ0v) is 19.8. The minimum Gasteiger partial charge on any atom is -0.493 e. The fourth-order valence-electron chi connectivity index (χ4n) is 4.05. The first kappa shape index (κ1) is 23.9. The van der Waals surface area contributed by atoms with E-state index in [1.807, 2.05) is 20.0 Å². The fourth-order valence-corrected chi connectivity index (χ4v) is 4.05. The second-order valence-electron chi connectivity index (χ2n) is 8.05. The van der Waals surface area contributed by atoms with Gasteiger partial charge in [0.1, 0.15) is 11.6 Å². The monoisotopic (exact) mass is 442 g/mol. The van der Waals surface area contributed by atoms with Crippen molar-refractivity contribution < 1.29 is 9.47 Å². The highest BCUT2D eigenvalue weighted by Gasteiger charge is 2.14. The summed E-state index contributed by atoms with van der Waals surface area (Å²) >= 11 is 0. The quantitative estimate of drug-likeness (QED) is 0.316. The molecule has 0 bridgehead atoms. The summed E-state index contributed by atoms with van der Waals surface area (Å²) in [5, 5.41) is 15.6. The molecule has 0 aliphatic carbocycles. The Hall–Kier alpha value is -2.77. The molecule has 176 valence electrons. The highest BCUT2D eigenvalue weighted by molar-refractivity contribution is 5.79. The van der Waals surface area contributed by atoms with E-state index in [1.54, 1.807) is 7.11 Å². The maximum Gasteiger partial charge on any atom is 0.190 e. The van der Waals surface area contributed by atoms with Crippen LogP contribution in [0, 0.1) is 0 Å². The molecule has 2 heterocycles. The number of fused-ring (bicyclic) bond motifs is 1. The van der Waals surface area contributed by atoms with Gasteiger partial charge in [-0.05, 0) is 56.7 Å². The van der Waals surface area contributed by atoms with Gasteiger partial charge >= 0.3 is 0 Å². The van der Waals surface area contributed by atoms with Crippen molar-refractivity contribution in [2.24, 2.45) is 4.99 Å². The molecule has 8 heteroatoms. The third-order valence-electron chi connectivity index (χ3n) is 5.74. The van der Waals surface area contributed by atoms with Crippen LogP contribution in [0.3, 0.4) is 0 Å². The van der Waals surface area contributed by atoms with Crippen LogP contribution in [0.5, 0.6) is 11.5 Å². The van der Waals surface area contributed by atoms with Crippen LogP contribution >= 0.6 is 0 Å². The number of methoxy groups -OCH3 is 1. The molecule has 8 nitrogen and oxygen atoms in total. The zero-order valence-electron chi connectivity index (χ0n) is 19.8. The zero-order chi connectivity index (χ0) is 22.6. The Morgan fingerprint density at radius 3 is 2.62 bits per heavy atom. The number of guanidine groups is 1.